The molecule has 3 aromatic rings. The quantitative estimate of drug-likeness (QED) is 0.568. The van der Waals surface area contributed by atoms with Crippen LogP contribution in [-0.4, -0.2) is 57.5 Å². The number of carboxylic acid groups (broad SMARTS) is 1. The average Bonchev–Trinajstić information content (AvgIpc) is 3.57. The number of aromatic nitrogens is 2. The van der Waals surface area contributed by atoms with Crippen LogP contribution in [-0.2, 0) is 23.1 Å². The van der Waals surface area contributed by atoms with E-state index in [1.54, 1.807) is 7.05 Å². The molecule has 180 valence electrons. The molecule has 1 aromatic heterocycles. The predicted molar refractivity (Wildman–Crippen MR) is 127 cm³/mol. The van der Waals surface area contributed by atoms with Crippen molar-refractivity contribution in [3.8, 4) is 11.1 Å². The SMILES string of the molecule is Cn1ncc(CNC(=O)OCC2c3ccccc3-c3ccccc32)c1C(=O)N1CCC(C(=O)O)C1. The summed E-state index contributed by atoms with van der Waals surface area (Å²) in [6.45, 7) is 0.809. The van der Waals surface area contributed by atoms with Crippen LogP contribution in [0, 0.1) is 5.92 Å². The van der Waals surface area contributed by atoms with Crippen molar-refractivity contribution >= 4 is 18.0 Å². The van der Waals surface area contributed by atoms with Gasteiger partial charge in [-0.25, -0.2) is 4.79 Å². The average molecular weight is 475 g/mol. The molecule has 2 aliphatic rings. The van der Waals surface area contributed by atoms with E-state index in [-0.39, 0.29) is 31.5 Å². The maximum atomic E-state index is 13.0. The zero-order valence-corrected chi connectivity index (χ0v) is 19.3. The zero-order valence-electron chi connectivity index (χ0n) is 19.3. The van der Waals surface area contributed by atoms with Crippen molar-refractivity contribution in [1.29, 1.82) is 0 Å². The number of ether oxygens (including phenoxy) is 1. The summed E-state index contributed by atoms with van der Waals surface area (Å²) in [5.74, 6) is -1.80. The van der Waals surface area contributed by atoms with Gasteiger partial charge in [0.2, 0.25) is 0 Å². The minimum atomic E-state index is -0.901. The number of alkyl carbamates (subject to hydrolysis) is 1. The largest absolute Gasteiger partial charge is 0.481 e. The van der Waals surface area contributed by atoms with Gasteiger partial charge in [0.05, 0.1) is 18.7 Å². The standard InChI is InChI=1S/C26H26N4O5/c1-29-23(24(31)30-11-10-16(14-30)25(32)33)17(13-28-29)12-27-26(34)35-15-22-20-8-4-2-6-18(20)19-7-3-5-9-21(19)22/h2-9,13,16,22H,10-12,14-15H2,1H3,(H,27,34)(H,32,33). The molecule has 0 spiro atoms. The number of fused-ring (bicyclic) bond motifs is 3. The highest BCUT2D eigenvalue weighted by Crippen LogP contribution is 2.44. The Kier molecular flexibility index (Phi) is 5.98. The van der Waals surface area contributed by atoms with Crippen molar-refractivity contribution in [2.75, 3.05) is 19.7 Å². The Morgan fingerprint density at radius 3 is 2.37 bits per heavy atom. The third-order valence-corrected chi connectivity index (χ3v) is 6.81. The Bertz CT molecular complexity index is 1250. The van der Waals surface area contributed by atoms with Crippen LogP contribution in [0.15, 0.2) is 54.7 Å². The number of carboxylic acids is 1. The molecule has 1 fully saturated rings. The van der Waals surface area contributed by atoms with Crippen molar-refractivity contribution in [3.05, 3.63) is 77.1 Å². The molecule has 2 N–H and O–H groups in total. The number of aliphatic carboxylic acids is 1. The van der Waals surface area contributed by atoms with Crippen LogP contribution >= 0.6 is 0 Å². The van der Waals surface area contributed by atoms with E-state index >= 15 is 0 Å². The van der Waals surface area contributed by atoms with Crippen LogP contribution < -0.4 is 5.32 Å². The Hall–Kier alpha value is -4.14. The van der Waals surface area contributed by atoms with Crippen LogP contribution in [0.25, 0.3) is 11.1 Å². The summed E-state index contributed by atoms with van der Waals surface area (Å²) in [6.07, 6.45) is 1.37. The van der Waals surface area contributed by atoms with E-state index in [1.165, 1.54) is 15.8 Å². The van der Waals surface area contributed by atoms with Gasteiger partial charge in [-0.05, 0) is 28.7 Å². The van der Waals surface area contributed by atoms with Gasteiger partial charge < -0.3 is 20.1 Å². The van der Waals surface area contributed by atoms with Gasteiger partial charge in [0, 0.05) is 31.6 Å². The number of nitrogens with zero attached hydrogens (tertiary/aromatic N) is 3. The van der Waals surface area contributed by atoms with E-state index in [9.17, 15) is 19.5 Å². The van der Waals surface area contributed by atoms with E-state index in [0.717, 1.165) is 22.3 Å². The molecule has 35 heavy (non-hydrogen) atoms. The molecule has 0 radical (unpaired) electrons. The van der Waals surface area contributed by atoms with E-state index < -0.39 is 18.0 Å². The molecule has 5 rings (SSSR count). The monoisotopic (exact) mass is 474 g/mol. The molecule has 0 saturated carbocycles. The molecule has 0 bridgehead atoms. The van der Waals surface area contributed by atoms with E-state index in [4.69, 9.17) is 4.74 Å². The first-order valence-corrected chi connectivity index (χ1v) is 11.6. The first-order valence-electron chi connectivity index (χ1n) is 11.6. The maximum absolute atomic E-state index is 13.0. The summed E-state index contributed by atoms with van der Waals surface area (Å²) in [6, 6.07) is 16.2. The molecule has 2 amide bonds. The number of carbonyl (C=O) groups excluding carboxylic acids is 2. The molecule has 2 heterocycles. The molecular formula is C26H26N4O5. The fourth-order valence-corrected chi connectivity index (χ4v) is 5.00. The Labute approximate surface area is 202 Å². The lowest BCUT2D eigenvalue weighted by molar-refractivity contribution is -0.141. The van der Waals surface area contributed by atoms with Crippen LogP contribution in [0.3, 0.4) is 0 Å². The van der Waals surface area contributed by atoms with Crippen molar-refractivity contribution in [2.24, 2.45) is 13.0 Å². The highest BCUT2D eigenvalue weighted by atomic mass is 16.5. The fraction of sp³-hybridized carbons (Fsp3) is 0.308. The van der Waals surface area contributed by atoms with Gasteiger partial charge in [-0.2, -0.15) is 5.10 Å². The zero-order chi connectivity index (χ0) is 24.5. The molecule has 1 unspecified atom stereocenters. The highest BCUT2D eigenvalue weighted by Gasteiger charge is 2.33. The summed E-state index contributed by atoms with van der Waals surface area (Å²) < 4.78 is 7.02. The molecule has 1 atom stereocenters. The molecule has 1 aliphatic carbocycles. The number of rotatable bonds is 6. The van der Waals surface area contributed by atoms with Gasteiger partial charge in [-0.3, -0.25) is 14.3 Å². The van der Waals surface area contributed by atoms with Crippen molar-refractivity contribution in [1.82, 2.24) is 20.0 Å². The highest BCUT2D eigenvalue weighted by molar-refractivity contribution is 5.94. The summed E-state index contributed by atoms with van der Waals surface area (Å²) in [4.78, 5) is 38.3. The third-order valence-electron chi connectivity index (χ3n) is 6.81. The number of likely N-dealkylation sites (tertiary alicyclic amines) is 1. The molecule has 9 heteroatoms. The Morgan fingerprint density at radius 2 is 1.74 bits per heavy atom. The normalized spacial score (nSPS) is 16.6. The fourth-order valence-electron chi connectivity index (χ4n) is 5.00. The lowest BCUT2D eigenvalue weighted by Gasteiger charge is -2.17. The Balaban J connectivity index is 1.22. The number of aryl methyl sites for hydroxylation is 1. The lowest BCUT2D eigenvalue weighted by Crippen LogP contribution is -2.33. The Morgan fingerprint density at radius 1 is 1.09 bits per heavy atom. The van der Waals surface area contributed by atoms with Crippen LogP contribution in [0.4, 0.5) is 4.79 Å². The predicted octanol–water partition coefficient (Wildman–Crippen LogP) is 3.01. The van der Waals surface area contributed by atoms with E-state index in [1.807, 2.05) is 24.3 Å². The third kappa shape index (κ3) is 4.25. The summed E-state index contributed by atoms with van der Waals surface area (Å²) in [5, 5.41) is 16.1. The number of carbonyl (C=O) groups is 3. The molecule has 2 aromatic carbocycles. The van der Waals surface area contributed by atoms with Crippen molar-refractivity contribution in [3.63, 3.8) is 0 Å². The first kappa shape index (κ1) is 22.6. The smallest absolute Gasteiger partial charge is 0.407 e. The molecule has 1 aliphatic heterocycles. The van der Waals surface area contributed by atoms with Gasteiger partial charge >= 0.3 is 12.1 Å². The van der Waals surface area contributed by atoms with Gasteiger partial charge in [0.25, 0.3) is 5.91 Å². The van der Waals surface area contributed by atoms with Crippen molar-refractivity contribution < 1.29 is 24.2 Å². The summed E-state index contributed by atoms with van der Waals surface area (Å²) >= 11 is 0. The lowest BCUT2D eigenvalue weighted by atomic mass is 9.98. The van der Waals surface area contributed by atoms with Gasteiger partial charge in [-0.15, -0.1) is 0 Å². The number of amides is 2. The second-order valence-electron chi connectivity index (χ2n) is 8.90. The van der Waals surface area contributed by atoms with Gasteiger partial charge in [-0.1, -0.05) is 48.5 Å². The number of hydrogen-bond acceptors (Lipinski definition) is 5. The van der Waals surface area contributed by atoms with Gasteiger partial charge in [0.15, 0.2) is 0 Å². The van der Waals surface area contributed by atoms with E-state index in [0.29, 0.717) is 24.2 Å². The summed E-state index contributed by atoms with van der Waals surface area (Å²) in [7, 11) is 1.65. The van der Waals surface area contributed by atoms with Gasteiger partial charge in [0.1, 0.15) is 12.3 Å². The van der Waals surface area contributed by atoms with Crippen LogP contribution in [0.1, 0.15) is 39.5 Å². The second-order valence-corrected chi connectivity index (χ2v) is 8.90. The second kappa shape index (κ2) is 9.25. The number of hydrogen-bond donors (Lipinski definition) is 2. The van der Waals surface area contributed by atoms with Crippen LogP contribution in [0.2, 0.25) is 0 Å². The molecule has 9 nitrogen and oxygen atoms in total. The topological polar surface area (TPSA) is 114 Å². The summed E-state index contributed by atoms with van der Waals surface area (Å²) in [5.41, 5.74) is 5.45. The van der Waals surface area contributed by atoms with Crippen molar-refractivity contribution in [2.45, 2.75) is 18.9 Å². The first-order chi connectivity index (χ1) is 16.9. The number of nitrogens with one attached hydrogen (secondary N) is 1. The molecular weight excluding hydrogens is 448 g/mol. The van der Waals surface area contributed by atoms with Crippen LogP contribution in [0.5, 0.6) is 0 Å². The number of benzene rings is 2. The minimum absolute atomic E-state index is 0.0407. The van der Waals surface area contributed by atoms with E-state index in [2.05, 4.69) is 34.7 Å². The maximum Gasteiger partial charge on any atom is 0.407 e. The minimum Gasteiger partial charge on any atom is -0.481 e. The molecule has 1 saturated heterocycles.